The van der Waals surface area contributed by atoms with Crippen LogP contribution in [0.2, 0.25) is 0 Å². The lowest BCUT2D eigenvalue weighted by Gasteiger charge is -2.24. The molecule has 4 nitrogen and oxygen atoms in total. The van der Waals surface area contributed by atoms with Gasteiger partial charge in [0.25, 0.3) is 5.91 Å². The van der Waals surface area contributed by atoms with E-state index in [2.05, 4.69) is 6.07 Å². The van der Waals surface area contributed by atoms with E-state index in [0.29, 0.717) is 5.75 Å². The molecule has 1 amide bonds. The molecule has 1 aliphatic rings. The minimum absolute atomic E-state index is 0.0188. The molecule has 0 spiro atoms. The van der Waals surface area contributed by atoms with E-state index in [-0.39, 0.29) is 25.2 Å². The fourth-order valence-electron chi connectivity index (χ4n) is 2.80. The fraction of sp³-hybridized carbons (Fsp3) is 0.353. The topological polar surface area (TPSA) is 49.8 Å². The van der Waals surface area contributed by atoms with Crippen LogP contribution in [0.15, 0.2) is 41.8 Å². The Morgan fingerprint density at radius 1 is 1.36 bits per heavy atom. The number of aliphatic hydroxyl groups is 1. The Labute approximate surface area is 134 Å². The summed E-state index contributed by atoms with van der Waals surface area (Å²) in [6, 6.07) is 11.5. The van der Waals surface area contributed by atoms with Crippen molar-refractivity contribution in [1.82, 2.24) is 4.90 Å². The first kappa shape index (κ1) is 15.1. The van der Waals surface area contributed by atoms with Crippen LogP contribution in [0.3, 0.4) is 0 Å². The van der Waals surface area contributed by atoms with E-state index in [1.165, 1.54) is 4.88 Å². The molecule has 1 aliphatic heterocycles. The van der Waals surface area contributed by atoms with Crippen molar-refractivity contribution in [2.75, 3.05) is 13.2 Å². The Morgan fingerprint density at radius 3 is 3.05 bits per heavy atom. The highest BCUT2D eigenvalue weighted by atomic mass is 32.1. The molecule has 1 fully saturated rings. The maximum absolute atomic E-state index is 12.4. The number of benzene rings is 1. The van der Waals surface area contributed by atoms with Crippen molar-refractivity contribution in [2.24, 2.45) is 0 Å². The van der Waals surface area contributed by atoms with Crippen LogP contribution in [0.25, 0.3) is 0 Å². The molecule has 1 aromatic carbocycles. The number of hydrogen-bond acceptors (Lipinski definition) is 4. The van der Waals surface area contributed by atoms with Gasteiger partial charge in [0.15, 0.2) is 6.61 Å². The summed E-state index contributed by atoms with van der Waals surface area (Å²) < 4.78 is 5.59. The number of likely N-dealkylation sites (tertiary alicyclic amines) is 1. The van der Waals surface area contributed by atoms with E-state index in [1.807, 2.05) is 28.5 Å². The fourth-order valence-corrected chi connectivity index (χ4v) is 3.68. The Balaban J connectivity index is 1.61. The van der Waals surface area contributed by atoms with Crippen LogP contribution in [-0.4, -0.2) is 29.1 Å². The largest absolute Gasteiger partial charge is 0.484 e. The highest BCUT2D eigenvalue weighted by molar-refractivity contribution is 7.10. The van der Waals surface area contributed by atoms with Crippen molar-refractivity contribution in [3.8, 4) is 5.75 Å². The van der Waals surface area contributed by atoms with Crippen molar-refractivity contribution in [3.63, 3.8) is 0 Å². The quantitative estimate of drug-likeness (QED) is 0.922. The summed E-state index contributed by atoms with van der Waals surface area (Å²) in [5, 5.41) is 11.2. The Bertz CT molecular complexity index is 627. The van der Waals surface area contributed by atoms with Crippen LogP contribution in [0.1, 0.15) is 29.3 Å². The van der Waals surface area contributed by atoms with Gasteiger partial charge >= 0.3 is 0 Å². The molecule has 1 atom stereocenters. The number of nitrogens with zero attached hydrogens (tertiary/aromatic N) is 1. The second-order valence-electron chi connectivity index (χ2n) is 5.35. The van der Waals surface area contributed by atoms with Crippen molar-refractivity contribution in [1.29, 1.82) is 0 Å². The molecule has 2 aromatic rings. The summed E-state index contributed by atoms with van der Waals surface area (Å²) >= 11 is 1.70. The Hall–Kier alpha value is -1.85. The van der Waals surface area contributed by atoms with Crippen molar-refractivity contribution in [3.05, 3.63) is 52.2 Å². The number of thiophene rings is 1. The number of rotatable bonds is 5. The van der Waals surface area contributed by atoms with Gasteiger partial charge < -0.3 is 14.7 Å². The third-order valence-electron chi connectivity index (χ3n) is 3.89. The molecule has 1 aromatic heterocycles. The summed E-state index contributed by atoms with van der Waals surface area (Å²) in [5.41, 5.74) is 0.780. The van der Waals surface area contributed by atoms with E-state index >= 15 is 0 Å². The first-order valence-corrected chi connectivity index (χ1v) is 8.31. The molecule has 0 bridgehead atoms. The first-order chi connectivity index (χ1) is 10.8. The van der Waals surface area contributed by atoms with Crippen LogP contribution < -0.4 is 4.74 Å². The lowest BCUT2D eigenvalue weighted by molar-refractivity contribution is -0.134. The molecular formula is C17H19NO3S. The number of carbonyl (C=O) groups excluding carboxylic acids is 1. The van der Waals surface area contributed by atoms with Gasteiger partial charge in [0.05, 0.1) is 12.6 Å². The summed E-state index contributed by atoms with van der Waals surface area (Å²) in [7, 11) is 0. The number of carbonyl (C=O) groups is 1. The molecule has 1 saturated heterocycles. The van der Waals surface area contributed by atoms with E-state index in [9.17, 15) is 4.79 Å². The van der Waals surface area contributed by atoms with Gasteiger partial charge in [-0.2, -0.15) is 0 Å². The van der Waals surface area contributed by atoms with Crippen molar-refractivity contribution in [2.45, 2.75) is 25.5 Å². The maximum atomic E-state index is 12.4. The van der Waals surface area contributed by atoms with Gasteiger partial charge in [0, 0.05) is 11.4 Å². The minimum atomic E-state index is -0.0300. The van der Waals surface area contributed by atoms with E-state index in [4.69, 9.17) is 9.84 Å². The molecule has 0 radical (unpaired) electrons. The van der Waals surface area contributed by atoms with Crippen molar-refractivity contribution < 1.29 is 14.6 Å². The van der Waals surface area contributed by atoms with Gasteiger partial charge in [-0.25, -0.2) is 0 Å². The molecule has 3 rings (SSSR count). The molecule has 2 heterocycles. The normalized spacial score (nSPS) is 17.7. The monoisotopic (exact) mass is 317 g/mol. The minimum Gasteiger partial charge on any atom is -0.484 e. The average Bonchev–Trinajstić information content (AvgIpc) is 3.23. The average molecular weight is 317 g/mol. The number of ether oxygens (including phenoxy) is 1. The van der Waals surface area contributed by atoms with Crippen LogP contribution in [0.4, 0.5) is 0 Å². The van der Waals surface area contributed by atoms with Crippen LogP contribution in [0.5, 0.6) is 5.75 Å². The molecule has 1 unspecified atom stereocenters. The highest BCUT2D eigenvalue weighted by Gasteiger charge is 2.30. The molecule has 5 heteroatoms. The second kappa shape index (κ2) is 6.94. The first-order valence-electron chi connectivity index (χ1n) is 7.43. The van der Waals surface area contributed by atoms with Gasteiger partial charge in [0.1, 0.15) is 5.75 Å². The van der Waals surface area contributed by atoms with Gasteiger partial charge in [-0.3, -0.25) is 4.79 Å². The summed E-state index contributed by atoms with van der Waals surface area (Å²) in [6.07, 6.45) is 2.06. The zero-order valence-corrected chi connectivity index (χ0v) is 13.1. The molecule has 0 aliphatic carbocycles. The Morgan fingerprint density at radius 2 is 2.27 bits per heavy atom. The smallest absolute Gasteiger partial charge is 0.261 e. The van der Waals surface area contributed by atoms with Crippen LogP contribution >= 0.6 is 11.3 Å². The van der Waals surface area contributed by atoms with Gasteiger partial charge in [-0.15, -0.1) is 11.3 Å². The van der Waals surface area contributed by atoms with Gasteiger partial charge in [0.2, 0.25) is 0 Å². The lowest BCUT2D eigenvalue weighted by atomic mass is 10.2. The number of hydrogen-bond donors (Lipinski definition) is 1. The molecule has 1 N–H and O–H groups in total. The van der Waals surface area contributed by atoms with Crippen LogP contribution in [0, 0.1) is 0 Å². The zero-order chi connectivity index (χ0) is 15.4. The van der Waals surface area contributed by atoms with Crippen molar-refractivity contribution >= 4 is 17.2 Å². The third-order valence-corrected chi connectivity index (χ3v) is 4.86. The summed E-state index contributed by atoms with van der Waals surface area (Å²) in [6.45, 7) is 0.802. The zero-order valence-electron chi connectivity index (χ0n) is 12.3. The second-order valence-corrected chi connectivity index (χ2v) is 6.33. The SMILES string of the molecule is O=C(COc1cccc(CO)c1)N1CCCC1c1cccs1. The maximum Gasteiger partial charge on any atom is 0.261 e. The number of aliphatic hydroxyl groups excluding tert-OH is 1. The molecular weight excluding hydrogens is 298 g/mol. The van der Waals surface area contributed by atoms with E-state index < -0.39 is 0 Å². The predicted molar refractivity (Wildman–Crippen MR) is 85.9 cm³/mol. The Kier molecular flexibility index (Phi) is 4.75. The lowest BCUT2D eigenvalue weighted by Crippen LogP contribution is -2.34. The summed E-state index contributed by atoms with van der Waals surface area (Å²) in [5.74, 6) is 0.636. The molecule has 116 valence electrons. The molecule has 0 saturated carbocycles. The van der Waals surface area contributed by atoms with E-state index in [0.717, 1.165) is 24.9 Å². The highest BCUT2D eigenvalue weighted by Crippen LogP contribution is 2.34. The van der Waals surface area contributed by atoms with Crippen LogP contribution in [-0.2, 0) is 11.4 Å². The summed E-state index contributed by atoms with van der Waals surface area (Å²) in [4.78, 5) is 15.6. The van der Waals surface area contributed by atoms with E-state index in [1.54, 1.807) is 23.5 Å². The van der Waals surface area contributed by atoms with Gasteiger partial charge in [-0.05, 0) is 42.0 Å². The molecule has 22 heavy (non-hydrogen) atoms. The van der Waals surface area contributed by atoms with Gasteiger partial charge in [-0.1, -0.05) is 18.2 Å². The predicted octanol–water partition coefficient (Wildman–Crippen LogP) is 2.98. The third kappa shape index (κ3) is 3.31. The standard InChI is InChI=1S/C17H19NO3S/c19-11-13-4-1-5-14(10-13)21-12-17(20)18-8-2-6-15(18)16-7-3-9-22-16/h1,3-5,7,9-10,15,19H,2,6,8,11-12H2. The number of amides is 1.